The first kappa shape index (κ1) is 18.5. The molecule has 1 rings (SSSR count). The third-order valence-corrected chi connectivity index (χ3v) is 4.65. The minimum Gasteiger partial charge on any atom is -0.344 e. The average Bonchev–Trinajstić information content (AvgIpc) is 2.48. The van der Waals surface area contributed by atoms with Crippen LogP contribution in [0.5, 0.6) is 0 Å². The molecule has 0 fully saturated rings. The van der Waals surface area contributed by atoms with E-state index in [2.05, 4.69) is 41.9 Å². The lowest BCUT2D eigenvalue weighted by molar-refractivity contribution is 0.375. The van der Waals surface area contributed by atoms with Gasteiger partial charge < -0.3 is 4.90 Å². The Hall–Kier alpha value is -1.52. The van der Waals surface area contributed by atoms with E-state index in [4.69, 9.17) is 11.6 Å². The number of hydrogen-bond acceptors (Lipinski definition) is 3. The molecule has 0 aliphatic rings. The van der Waals surface area contributed by atoms with E-state index in [-0.39, 0.29) is 4.87 Å². The maximum Gasteiger partial charge on any atom is 0.149 e. The van der Waals surface area contributed by atoms with E-state index in [1.807, 2.05) is 31.3 Å². The number of thioether (sulfide) groups is 1. The van der Waals surface area contributed by atoms with Crippen LogP contribution in [0.1, 0.15) is 13.8 Å². The molecule has 0 unspecified atom stereocenters. The van der Waals surface area contributed by atoms with Crippen LogP contribution in [0.4, 0.5) is 0 Å². The van der Waals surface area contributed by atoms with E-state index in [0.29, 0.717) is 5.70 Å². The molecule has 0 atom stereocenters. The lowest BCUT2D eigenvalue weighted by Crippen LogP contribution is -2.43. The topological polar surface area (TPSA) is 28.0 Å². The second-order valence-electron chi connectivity index (χ2n) is 5.07. The maximum absolute atomic E-state index is 5.93. The summed E-state index contributed by atoms with van der Waals surface area (Å²) in [7, 11) is 3.73. The molecule has 3 nitrogen and oxygen atoms in total. The Kier molecular flexibility index (Phi) is 6.91. The number of halogens is 1. The molecule has 0 N–H and O–H groups in total. The number of benzene rings is 1. The first-order valence-corrected chi connectivity index (χ1v) is 8.01. The van der Waals surface area contributed by atoms with Gasteiger partial charge in [0.05, 0.1) is 10.6 Å². The molecule has 22 heavy (non-hydrogen) atoms. The van der Waals surface area contributed by atoms with Crippen molar-refractivity contribution >= 4 is 35.4 Å². The normalized spacial score (nSPS) is 12.5. The Balaban J connectivity index is 2.94. The molecule has 5 heteroatoms. The summed E-state index contributed by atoms with van der Waals surface area (Å²) >= 11 is 7.66. The minimum atomic E-state index is -0.227. The second kappa shape index (κ2) is 8.20. The smallest absolute Gasteiger partial charge is 0.149 e. The van der Waals surface area contributed by atoms with Crippen LogP contribution < -0.4 is 0 Å². The number of allylic oxidation sites excluding steroid dienone is 1. The summed E-state index contributed by atoms with van der Waals surface area (Å²) in [5.41, 5.74) is 0.606. The number of hydrogen-bond donors (Lipinski definition) is 0. The van der Waals surface area contributed by atoms with E-state index in [1.165, 1.54) is 0 Å². The highest BCUT2D eigenvalue weighted by atomic mass is 35.5. The van der Waals surface area contributed by atoms with Crippen LogP contribution in [0.25, 0.3) is 0 Å². The highest BCUT2D eigenvalue weighted by Gasteiger charge is 2.28. The highest BCUT2D eigenvalue weighted by molar-refractivity contribution is 8.00. The number of nitrogens with zero attached hydrogens (tertiary/aromatic N) is 3. The molecule has 0 heterocycles. The van der Waals surface area contributed by atoms with Gasteiger partial charge in [-0.3, -0.25) is 9.98 Å². The number of aliphatic imine (C=N–C) groups is 2. The van der Waals surface area contributed by atoms with Gasteiger partial charge in [-0.15, -0.1) is 0 Å². The van der Waals surface area contributed by atoms with Crippen molar-refractivity contribution in [3.63, 3.8) is 0 Å². The molecular weight excluding hydrogens is 314 g/mol. The Morgan fingerprint density at radius 1 is 1.32 bits per heavy atom. The summed E-state index contributed by atoms with van der Waals surface area (Å²) in [5, 5.41) is 0.735. The summed E-state index contributed by atoms with van der Waals surface area (Å²) in [5.74, 6) is 0.740. The highest BCUT2D eigenvalue weighted by Crippen LogP contribution is 2.35. The lowest BCUT2D eigenvalue weighted by Gasteiger charge is -2.37. The van der Waals surface area contributed by atoms with Crippen LogP contribution in [0.2, 0.25) is 5.02 Å². The van der Waals surface area contributed by atoms with Gasteiger partial charge in [0.1, 0.15) is 5.84 Å². The molecule has 118 valence electrons. The predicted molar refractivity (Wildman–Crippen MR) is 100 cm³/mol. The molecule has 0 radical (unpaired) electrons. The van der Waals surface area contributed by atoms with Crippen molar-refractivity contribution in [2.75, 3.05) is 14.1 Å². The fourth-order valence-corrected chi connectivity index (χ4v) is 2.99. The standard InChI is InChI=1S/C17H22ClN3S/c1-7-12-20-13(2)16(19-5)21(6)17(3,4)22-15-10-8-14(18)9-11-15/h7-12H,1-2H2,3-6H3. The van der Waals surface area contributed by atoms with Crippen LogP contribution in [0.3, 0.4) is 0 Å². The maximum atomic E-state index is 5.93. The largest absolute Gasteiger partial charge is 0.344 e. The van der Waals surface area contributed by atoms with Gasteiger partial charge in [0.25, 0.3) is 0 Å². The van der Waals surface area contributed by atoms with E-state index in [9.17, 15) is 0 Å². The first-order valence-electron chi connectivity index (χ1n) is 6.81. The Morgan fingerprint density at radius 3 is 2.41 bits per heavy atom. The van der Waals surface area contributed by atoms with E-state index < -0.39 is 0 Å². The third-order valence-electron chi connectivity index (χ3n) is 3.11. The molecule has 0 spiro atoms. The Labute approximate surface area is 142 Å². The van der Waals surface area contributed by atoms with Crippen molar-refractivity contribution in [2.45, 2.75) is 23.6 Å². The number of likely N-dealkylation sites (N-methyl/N-ethyl adjacent to an activating group) is 1. The minimum absolute atomic E-state index is 0.227. The average molecular weight is 336 g/mol. The van der Waals surface area contributed by atoms with E-state index in [1.54, 1.807) is 31.1 Å². The van der Waals surface area contributed by atoms with Gasteiger partial charge in [-0.2, -0.15) is 0 Å². The van der Waals surface area contributed by atoms with Crippen molar-refractivity contribution in [3.8, 4) is 0 Å². The van der Waals surface area contributed by atoms with Crippen LogP contribution in [-0.2, 0) is 0 Å². The zero-order valence-electron chi connectivity index (χ0n) is 13.5. The van der Waals surface area contributed by atoms with E-state index in [0.717, 1.165) is 15.8 Å². The molecular formula is C17H22ClN3S. The van der Waals surface area contributed by atoms with Crippen molar-refractivity contribution in [1.82, 2.24) is 4.90 Å². The Morgan fingerprint density at radius 2 is 1.91 bits per heavy atom. The molecule has 1 aromatic rings. The quantitative estimate of drug-likeness (QED) is 0.320. The zero-order chi connectivity index (χ0) is 16.8. The number of rotatable bonds is 6. The van der Waals surface area contributed by atoms with Gasteiger partial charge in [-0.1, -0.05) is 42.6 Å². The Bertz CT molecular complexity index is 588. The van der Waals surface area contributed by atoms with Crippen LogP contribution in [-0.4, -0.2) is 35.9 Å². The summed E-state index contributed by atoms with van der Waals surface area (Å²) < 4.78 is 0. The molecule has 0 aliphatic heterocycles. The van der Waals surface area contributed by atoms with Gasteiger partial charge in [-0.05, 0) is 38.1 Å². The van der Waals surface area contributed by atoms with Crippen molar-refractivity contribution in [3.05, 3.63) is 54.2 Å². The molecule has 0 amide bonds. The molecule has 0 aromatic heterocycles. The summed E-state index contributed by atoms with van der Waals surface area (Å²) in [4.78, 5) is 11.5. The van der Waals surface area contributed by atoms with Gasteiger partial charge >= 0.3 is 0 Å². The fraction of sp³-hybridized carbons (Fsp3) is 0.294. The molecule has 0 saturated heterocycles. The van der Waals surface area contributed by atoms with Crippen LogP contribution in [0, 0.1) is 0 Å². The monoisotopic (exact) mass is 335 g/mol. The van der Waals surface area contributed by atoms with Crippen molar-refractivity contribution in [2.24, 2.45) is 9.98 Å². The van der Waals surface area contributed by atoms with Gasteiger partial charge in [0, 0.05) is 30.2 Å². The zero-order valence-corrected chi connectivity index (χ0v) is 15.1. The van der Waals surface area contributed by atoms with Crippen LogP contribution >= 0.6 is 23.4 Å². The van der Waals surface area contributed by atoms with Gasteiger partial charge in [0.2, 0.25) is 0 Å². The summed E-state index contributed by atoms with van der Waals surface area (Å²) in [6.45, 7) is 11.8. The van der Waals surface area contributed by atoms with Crippen molar-refractivity contribution < 1.29 is 0 Å². The second-order valence-corrected chi connectivity index (χ2v) is 7.18. The third kappa shape index (κ3) is 5.04. The molecule has 0 aliphatic carbocycles. The molecule has 1 aromatic carbocycles. The van der Waals surface area contributed by atoms with E-state index >= 15 is 0 Å². The van der Waals surface area contributed by atoms with Gasteiger partial charge in [-0.25, -0.2) is 0 Å². The van der Waals surface area contributed by atoms with Crippen LogP contribution in [0.15, 0.2) is 64.1 Å². The summed E-state index contributed by atoms with van der Waals surface area (Å²) in [6, 6.07) is 7.80. The first-order chi connectivity index (χ1) is 10.3. The SMILES string of the molecule is C=CC=NC(=C)C(=NC)N(C)C(C)(C)Sc1ccc(Cl)cc1. The predicted octanol–water partition coefficient (Wildman–Crippen LogP) is 4.90. The lowest BCUT2D eigenvalue weighted by atomic mass is 10.3. The molecule has 0 saturated carbocycles. The summed E-state index contributed by atoms with van der Waals surface area (Å²) in [6.07, 6.45) is 3.23. The fourth-order valence-electron chi connectivity index (χ4n) is 1.79. The van der Waals surface area contributed by atoms with Crippen molar-refractivity contribution in [1.29, 1.82) is 0 Å². The molecule has 0 bridgehead atoms. The van der Waals surface area contributed by atoms with Gasteiger partial charge in [0.15, 0.2) is 0 Å². The number of amidine groups is 1.